The summed E-state index contributed by atoms with van der Waals surface area (Å²) in [6.45, 7) is 5.44. The van der Waals surface area contributed by atoms with Crippen molar-refractivity contribution in [3.8, 4) is 0 Å². The number of hydrogen-bond acceptors (Lipinski definition) is 1. The minimum Gasteiger partial charge on any atom is -0.343 e. The van der Waals surface area contributed by atoms with E-state index in [0.29, 0.717) is 5.92 Å². The van der Waals surface area contributed by atoms with Gasteiger partial charge in [-0.3, -0.25) is 0 Å². The Kier molecular flexibility index (Phi) is 3.92. The van der Waals surface area contributed by atoms with Crippen LogP contribution in [0.1, 0.15) is 35.4 Å². The molecule has 2 heteroatoms. The third kappa shape index (κ3) is 2.79. The molecule has 0 bridgehead atoms. The van der Waals surface area contributed by atoms with E-state index in [2.05, 4.69) is 71.5 Å². The molecule has 1 aromatic heterocycles. The number of fused-ring (bicyclic) bond motifs is 1. The zero-order valence-electron chi connectivity index (χ0n) is 13.8. The number of nitrogens with one attached hydrogen (secondary N) is 1. The predicted octanol–water partition coefficient (Wildman–Crippen LogP) is 4.47. The predicted molar refractivity (Wildman–Crippen MR) is 97.1 cm³/mol. The maximum absolute atomic E-state index is 3.48. The second kappa shape index (κ2) is 6.21. The molecule has 0 unspecified atom stereocenters. The number of nitrogens with zero attached hydrogens (tertiary/aromatic N) is 1. The molecule has 0 radical (unpaired) electrons. The van der Waals surface area contributed by atoms with Gasteiger partial charge in [0.25, 0.3) is 0 Å². The summed E-state index contributed by atoms with van der Waals surface area (Å²) < 4.78 is 2.44. The normalized spacial score (nSPS) is 16.0. The van der Waals surface area contributed by atoms with Crippen LogP contribution in [-0.2, 0) is 6.54 Å². The lowest BCUT2D eigenvalue weighted by Gasteiger charge is -2.22. The second-order valence-electron chi connectivity index (χ2n) is 6.68. The van der Waals surface area contributed by atoms with Crippen LogP contribution in [0.2, 0.25) is 0 Å². The first-order chi connectivity index (χ1) is 11.3. The third-order valence-electron chi connectivity index (χ3n) is 5.20. The maximum Gasteiger partial charge on any atom is 0.0486 e. The van der Waals surface area contributed by atoms with Crippen molar-refractivity contribution in [1.82, 2.24) is 9.88 Å². The highest BCUT2D eigenvalue weighted by Gasteiger charge is 2.20. The monoisotopic (exact) mass is 304 g/mol. The molecule has 2 aromatic carbocycles. The summed E-state index contributed by atoms with van der Waals surface area (Å²) in [5, 5.41) is 4.92. The van der Waals surface area contributed by atoms with Gasteiger partial charge in [-0.05, 0) is 61.5 Å². The number of hydrogen-bond donors (Lipinski definition) is 1. The molecule has 0 atom stereocenters. The van der Waals surface area contributed by atoms with Crippen LogP contribution in [0.5, 0.6) is 0 Å². The van der Waals surface area contributed by atoms with Gasteiger partial charge in [-0.25, -0.2) is 0 Å². The molecule has 3 aromatic rings. The largest absolute Gasteiger partial charge is 0.343 e. The highest BCUT2D eigenvalue weighted by Crippen LogP contribution is 2.33. The van der Waals surface area contributed by atoms with Crippen LogP contribution >= 0.6 is 0 Å². The van der Waals surface area contributed by atoms with Gasteiger partial charge in [-0.2, -0.15) is 0 Å². The summed E-state index contributed by atoms with van der Waals surface area (Å²) >= 11 is 0. The van der Waals surface area contributed by atoms with E-state index in [4.69, 9.17) is 0 Å². The van der Waals surface area contributed by atoms with Crippen molar-refractivity contribution >= 4 is 10.9 Å². The molecule has 23 heavy (non-hydrogen) atoms. The fourth-order valence-corrected chi connectivity index (χ4v) is 3.84. The fourth-order valence-electron chi connectivity index (χ4n) is 3.84. The van der Waals surface area contributed by atoms with Gasteiger partial charge in [0.2, 0.25) is 0 Å². The zero-order valence-corrected chi connectivity index (χ0v) is 13.8. The van der Waals surface area contributed by atoms with E-state index in [9.17, 15) is 0 Å². The van der Waals surface area contributed by atoms with Crippen LogP contribution in [0.25, 0.3) is 10.9 Å². The van der Waals surface area contributed by atoms with Crippen molar-refractivity contribution in [3.05, 3.63) is 71.4 Å². The molecular formula is C21H24N2. The molecule has 2 heterocycles. The molecule has 4 rings (SSSR count). The van der Waals surface area contributed by atoms with Crippen LogP contribution < -0.4 is 5.32 Å². The molecule has 1 aliphatic rings. The van der Waals surface area contributed by atoms with Crippen LogP contribution in [0.15, 0.2) is 54.7 Å². The van der Waals surface area contributed by atoms with Gasteiger partial charge in [0.05, 0.1) is 0 Å². The highest BCUT2D eigenvalue weighted by molar-refractivity contribution is 5.84. The first-order valence-corrected chi connectivity index (χ1v) is 8.66. The lowest BCUT2D eigenvalue weighted by molar-refractivity contribution is 0.461. The lowest BCUT2D eigenvalue weighted by atomic mass is 9.90. The molecule has 1 fully saturated rings. The van der Waals surface area contributed by atoms with Crippen molar-refractivity contribution in [2.24, 2.45) is 0 Å². The Morgan fingerprint density at radius 2 is 1.74 bits per heavy atom. The van der Waals surface area contributed by atoms with E-state index in [0.717, 1.165) is 19.6 Å². The van der Waals surface area contributed by atoms with Gasteiger partial charge in [0, 0.05) is 23.6 Å². The Morgan fingerprint density at radius 1 is 1.00 bits per heavy atom. The Bertz CT molecular complexity index is 810. The third-order valence-corrected chi connectivity index (χ3v) is 5.20. The molecular weight excluding hydrogens is 280 g/mol. The molecule has 118 valence electrons. The SMILES string of the molecule is Cc1ccccc1Cn1cc(C2CCNCC2)c2ccccc21. The number of piperidine rings is 1. The number of para-hydroxylation sites is 1. The van der Waals surface area contributed by atoms with E-state index >= 15 is 0 Å². The molecule has 1 N–H and O–H groups in total. The second-order valence-corrected chi connectivity index (χ2v) is 6.68. The molecule has 0 spiro atoms. The van der Waals surface area contributed by atoms with Crippen molar-refractivity contribution in [1.29, 1.82) is 0 Å². The first kappa shape index (κ1) is 14.5. The fraction of sp³-hybridized carbons (Fsp3) is 0.333. The Morgan fingerprint density at radius 3 is 2.57 bits per heavy atom. The molecule has 1 aliphatic heterocycles. The Balaban J connectivity index is 1.76. The van der Waals surface area contributed by atoms with Crippen molar-refractivity contribution in [3.63, 3.8) is 0 Å². The summed E-state index contributed by atoms with van der Waals surface area (Å²) in [5.74, 6) is 0.694. The van der Waals surface area contributed by atoms with Gasteiger partial charge in [0.1, 0.15) is 0 Å². The smallest absolute Gasteiger partial charge is 0.0486 e. The summed E-state index contributed by atoms with van der Waals surface area (Å²) in [7, 11) is 0. The van der Waals surface area contributed by atoms with Crippen molar-refractivity contribution in [2.75, 3.05) is 13.1 Å². The average Bonchev–Trinajstić information content (AvgIpc) is 2.97. The summed E-state index contributed by atoms with van der Waals surface area (Å²) in [5.41, 5.74) is 5.68. The van der Waals surface area contributed by atoms with Crippen LogP contribution in [0.3, 0.4) is 0 Å². The minimum atomic E-state index is 0.694. The first-order valence-electron chi connectivity index (χ1n) is 8.66. The van der Waals surface area contributed by atoms with Gasteiger partial charge in [-0.1, -0.05) is 42.5 Å². The zero-order chi connectivity index (χ0) is 15.6. The average molecular weight is 304 g/mol. The van der Waals surface area contributed by atoms with Crippen molar-refractivity contribution in [2.45, 2.75) is 32.2 Å². The van der Waals surface area contributed by atoms with Crippen LogP contribution in [-0.4, -0.2) is 17.7 Å². The molecule has 0 amide bonds. The Labute approximate surface area is 138 Å². The number of benzene rings is 2. The van der Waals surface area contributed by atoms with E-state index < -0.39 is 0 Å². The highest BCUT2D eigenvalue weighted by atomic mass is 15.0. The quantitative estimate of drug-likeness (QED) is 0.755. The van der Waals surface area contributed by atoms with Gasteiger partial charge in [-0.15, -0.1) is 0 Å². The number of aryl methyl sites for hydroxylation is 1. The number of rotatable bonds is 3. The van der Waals surface area contributed by atoms with E-state index in [1.54, 1.807) is 0 Å². The lowest BCUT2D eigenvalue weighted by Crippen LogP contribution is -2.26. The minimum absolute atomic E-state index is 0.694. The topological polar surface area (TPSA) is 17.0 Å². The van der Waals surface area contributed by atoms with Gasteiger partial charge >= 0.3 is 0 Å². The molecule has 2 nitrogen and oxygen atoms in total. The molecule has 0 saturated carbocycles. The van der Waals surface area contributed by atoms with Crippen LogP contribution in [0, 0.1) is 6.92 Å². The van der Waals surface area contributed by atoms with Gasteiger partial charge in [0.15, 0.2) is 0 Å². The summed E-state index contributed by atoms with van der Waals surface area (Å²) in [6.07, 6.45) is 4.91. The Hall–Kier alpha value is -2.06. The van der Waals surface area contributed by atoms with Crippen LogP contribution in [0.4, 0.5) is 0 Å². The standard InChI is InChI=1S/C21H24N2/c1-16-6-2-3-7-18(16)14-23-15-20(17-10-12-22-13-11-17)19-8-4-5-9-21(19)23/h2-9,15,17,22H,10-14H2,1H3. The van der Waals surface area contributed by atoms with E-state index in [-0.39, 0.29) is 0 Å². The van der Waals surface area contributed by atoms with E-state index in [1.165, 1.54) is 40.4 Å². The summed E-state index contributed by atoms with van der Waals surface area (Å²) in [4.78, 5) is 0. The number of aromatic nitrogens is 1. The summed E-state index contributed by atoms with van der Waals surface area (Å²) in [6, 6.07) is 17.6. The molecule has 0 aliphatic carbocycles. The molecule has 1 saturated heterocycles. The van der Waals surface area contributed by atoms with E-state index in [1.807, 2.05) is 0 Å². The van der Waals surface area contributed by atoms with Gasteiger partial charge < -0.3 is 9.88 Å². The maximum atomic E-state index is 3.48. The van der Waals surface area contributed by atoms with Crippen molar-refractivity contribution < 1.29 is 0 Å².